The number of epoxide rings is 1. The summed E-state index contributed by atoms with van der Waals surface area (Å²) in [5.41, 5.74) is 0.753. The van der Waals surface area contributed by atoms with Gasteiger partial charge in [0.2, 0.25) is 0 Å². The van der Waals surface area contributed by atoms with Gasteiger partial charge in [-0.05, 0) is 31.2 Å². The van der Waals surface area contributed by atoms with Gasteiger partial charge in [0.1, 0.15) is 5.75 Å². The van der Waals surface area contributed by atoms with Crippen molar-refractivity contribution in [1.82, 2.24) is 0 Å². The number of hydrogen-bond donors (Lipinski definition) is 1. The average Bonchev–Trinajstić information content (AvgIpc) is 2.97. The Morgan fingerprint density at radius 3 is 2.47 bits per heavy atom. The fourth-order valence-electron chi connectivity index (χ4n) is 1.35. The summed E-state index contributed by atoms with van der Waals surface area (Å²) in [7, 11) is 1.60. The first kappa shape index (κ1) is 9.98. The van der Waals surface area contributed by atoms with E-state index in [-0.39, 0.29) is 18.1 Å². The Kier molecular flexibility index (Phi) is 2.60. The van der Waals surface area contributed by atoms with Crippen molar-refractivity contribution < 1.29 is 14.3 Å². The van der Waals surface area contributed by atoms with Gasteiger partial charge in [0.25, 0.3) is 5.91 Å². The van der Waals surface area contributed by atoms with Crippen molar-refractivity contribution in [2.24, 2.45) is 0 Å². The van der Waals surface area contributed by atoms with Crippen LogP contribution in [0.1, 0.15) is 6.92 Å². The van der Waals surface area contributed by atoms with Crippen LogP contribution in [0.4, 0.5) is 5.69 Å². The minimum absolute atomic E-state index is 0.0447. The molecule has 0 aromatic heterocycles. The van der Waals surface area contributed by atoms with E-state index in [9.17, 15) is 4.79 Å². The molecule has 1 aromatic carbocycles. The van der Waals surface area contributed by atoms with E-state index >= 15 is 0 Å². The van der Waals surface area contributed by atoms with Crippen LogP contribution in [0.2, 0.25) is 0 Å². The lowest BCUT2D eigenvalue weighted by atomic mass is 10.2. The predicted octanol–water partition coefficient (Wildman–Crippen LogP) is 1.42. The Balaban J connectivity index is 1.95. The molecule has 0 aliphatic carbocycles. The summed E-state index contributed by atoms with van der Waals surface area (Å²) in [6.45, 7) is 1.87. The van der Waals surface area contributed by atoms with Crippen molar-refractivity contribution in [3.05, 3.63) is 24.3 Å². The molecule has 0 spiro atoms. The van der Waals surface area contributed by atoms with Crippen LogP contribution >= 0.6 is 0 Å². The van der Waals surface area contributed by atoms with Gasteiger partial charge in [-0.2, -0.15) is 0 Å². The molecule has 4 heteroatoms. The lowest BCUT2D eigenvalue weighted by Crippen LogP contribution is -2.19. The van der Waals surface area contributed by atoms with E-state index in [1.165, 1.54) is 0 Å². The second-order valence-electron chi connectivity index (χ2n) is 3.48. The zero-order valence-electron chi connectivity index (χ0n) is 8.69. The Morgan fingerprint density at radius 2 is 2.00 bits per heavy atom. The molecule has 1 heterocycles. The SMILES string of the molecule is COc1ccc(NC(=O)[C@@H]2O[C@H]2C)cc1. The fourth-order valence-corrected chi connectivity index (χ4v) is 1.35. The van der Waals surface area contributed by atoms with E-state index in [1.54, 1.807) is 31.4 Å². The highest BCUT2D eigenvalue weighted by atomic mass is 16.6. The number of carbonyl (C=O) groups is 1. The summed E-state index contributed by atoms with van der Waals surface area (Å²) in [6.07, 6.45) is -0.240. The number of ether oxygens (including phenoxy) is 2. The van der Waals surface area contributed by atoms with Crippen molar-refractivity contribution in [2.75, 3.05) is 12.4 Å². The van der Waals surface area contributed by atoms with Crippen LogP contribution in [0.15, 0.2) is 24.3 Å². The summed E-state index contributed by atoms with van der Waals surface area (Å²) >= 11 is 0. The number of anilines is 1. The third-order valence-electron chi connectivity index (χ3n) is 2.33. The second-order valence-corrected chi connectivity index (χ2v) is 3.48. The smallest absolute Gasteiger partial charge is 0.256 e. The second kappa shape index (κ2) is 3.90. The van der Waals surface area contributed by atoms with Crippen LogP contribution in [0.5, 0.6) is 5.75 Å². The van der Waals surface area contributed by atoms with Crippen LogP contribution in [-0.4, -0.2) is 25.2 Å². The number of rotatable bonds is 3. The molecule has 1 N–H and O–H groups in total. The third kappa shape index (κ3) is 2.27. The number of nitrogens with one attached hydrogen (secondary N) is 1. The molecule has 0 radical (unpaired) electrons. The Morgan fingerprint density at radius 1 is 1.40 bits per heavy atom. The standard InChI is InChI=1S/C11H13NO3/c1-7-10(15-7)11(13)12-8-3-5-9(14-2)6-4-8/h3-7,10H,1-2H3,(H,12,13)/t7-,10+/m0/s1. The topological polar surface area (TPSA) is 50.9 Å². The zero-order valence-corrected chi connectivity index (χ0v) is 8.69. The summed E-state index contributed by atoms with van der Waals surface area (Å²) in [5.74, 6) is 0.678. The van der Waals surface area contributed by atoms with Crippen LogP contribution < -0.4 is 10.1 Å². The van der Waals surface area contributed by atoms with Gasteiger partial charge in [-0.1, -0.05) is 0 Å². The first-order valence-corrected chi connectivity index (χ1v) is 4.81. The van der Waals surface area contributed by atoms with Gasteiger partial charge in [0.05, 0.1) is 13.2 Å². The lowest BCUT2D eigenvalue weighted by molar-refractivity contribution is -0.117. The van der Waals surface area contributed by atoms with Gasteiger partial charge in [0.15, 0.2) is 6.10 Å². The first-order valence-electron chi connectivity index (χ1n) is 4.81. The summed E-state index contributed by atoms with van der Waals surface area (Å²) < 4.78 is 10.1. The van der Waals surface area contributed by atoms with Crippen molar-refractivity contribution in [3.63, 3.8) is 0 Å². The fraction of sp³-hybridized carbons (Fsp3) is 0.364. The number of hydrogen-bond acceptors (Lipinski definition) is 3. The normalized spacial score (nSPS) is 23.3. The number of carbonyl (C=O) groups excluding carboxylic acids is 1. The lowest BCUT2D eigenvalue weighted by Gasteiger charge is -2.04. The molecule has 2 atom stereocenters. The van der Waals surface area contributed by atoms with E-state index in [0.717, 1.165) is 11.4 Å². The molecule has 2 rings (SSSR count). The summed E-state index contributed by atoms with van der Waals surface area (Å²) in [5, 5.41) is 2.77. The van der Waals surface area contributed by atoms with Gasteiger partial charge < -0.3 is 14.8 Å². The van der Waals surface area contributed by atoms with Crippen molar-refractivity contribution in [2.45, 2.75) is 19.1 Å². The Bertz CT molecular complexity index is 361. The molecule has 0 saturated carbocycles. The molecule has 0 unspecified atom stereocenters. The van der Waals surface area contributed by atoms with Gasteiger partial charge >= 0.3 is 0 Å². The zero-order chi connectivity index (χ0) is 10.8. The molecule has 1 saturated heterocycles. The molecule has 1 fully saturated rings. The van der Waals surface area contributed by atoms with Crippen molar-refractivity contribution in [1.29, 1.82) is 0 Å². The Labute approximate surface area is 88.2 Å². The van der Waals surface area contributed by atoms with Gasteiger partial charge in [-0.15, -0.1) is 0 Å². The monoisotopic (exact) mass is 207 g/mol. The van der Waals surface area contributed by atoms with E-state index in [4.69, 9.17) is 9.47 Å². The molecule has 1 aromatic rings. The highest BCUT2D eigenvalue weighted by Crippen LogP contribution is 2.23. The number of amides is 1. The molecule has 1 amide bonds. The van der Waals surface area contributed by atoms with Crippen molar-refractivity contribution >= 4 is 11.6 Å². The quantitative estimate of drug-likeness (QED) is 0.762. The summed E-state index contributed by atoms with van der Waals surface area (Å²) in [4.78, 5) is 11.5. The van der Waals surface area contributed by atoms with Crippen LogP contribution in [0.25, 0.3) is 0 Å². The molecular formula is C11H13NO3. The largest absolute Gasteiger partial charge is 0.497 e. The van der Waals surface area contributed by atoms with Gasteiger partial charge in [-0.25, -0.2) is 0 Å². The predicted molar refractivity (Wildman–Crippen MR) is 56.0 cm³/mol. The summed E-state index contributed by atoms with van der Waals surface area (Å²) in [6, 6.07) is 7.19. The van der Waals surface area contributed by atoms with Gasteiger partial charge in [0, 0.05) is 5.69 Å². The highest BCUT2D eigenvalue weighted by Gasteiger charge is 2.41. The molecule has 80 valence electrons. The van der Waals surface area contributed by atoms with Crippen LogP contribution in [0.3, 0.4) is 0 Å². The molecule has 0 bridgehead atoms. The molecular weight excluding hydrogens is 194 g/mol. The molecule has 1 aliphatic heterocycles. The number of methoxy groups -OCH3 is 1. The Hall–Kier alpha value is -1.55. The number of benzene rings is 1. The van der Waals surface area contributed by atoms with Crippen LogP contribution in [0, 0.1) is 0 Å². The molecule has 1 aliphatic rings. The maximum absolute atomic E-state index is 11.5. The first-order chi connectivity index (χ1) is 7.20. The van der Waals surface area contributed by atoms with E-state index < -0.39 is 0 Å². The van der Waals surface area contributed by atoms with Crippen LogP contribution in [-0.2, 0) is 9.53 Å². The van der Waals surface area contributed by atoms with Gasteiger partial charge in [-0.3, -0.25) is 4.79 Å². The molecule has 15 heavy (non-hydrogen) atoms. The minimum Gasteiger partial charge on any atom is -0.497 e. The average molecular weight is 207 g/mol. The molecule has 4 nitrogen and oxygen atoms in total. The van der Waals surface area contributed by atoms with Crippen molar-refractivity contribution in [3.8, 4) is 5.75 Å². The van der Waals surface area contributed by atoms with E-state index in [1.807, 2.05) is 6.92 Å². The maximum Gasteiger partial charge on any atom is 0.256 e. The van der Waals surface area contributed by atoms with E-state index in [2.05, 4.69) is 5.32 Å². The van der Waals surface area contributed by atoms with E-state index in [0.29, 0.717) is 0 Å². The minimum atomic E-state index is -0.285. The highest BCUT2D eigenvalue weighted by molar-refractivity contribution is 5.96. The third-order valence-corrected chi connectivity index (χ3v) is 2.33. The maximum atomic E-state index is 11.5.